The normalized spacial score (nSPS) is 11.8. The molecule has 5 nitrogen and oxygen atoms in total. The number of rotatable bonds is 5. The zero-order valence-electron chi connectivity index (χ0n) is 14.8. The number of fused-ring (bicyclic) bond motifs is 1. The number of hydrogen-bond acceptors (Lipinski definition) is 4. The number of methoxy groups -OCH3 is 2. The molecular weight excluding hydrogens is 416 g/mol. The number of thiazole rings is 1. The molecule has 0 aliphatic carbocycles. The van der Waals surface area contributed by atoms with E-state index in [-0.39, 0.29) is 5.91 Å². The molecule has 7 heteroatoms. The lowest BCUT2D eigenvalue weighted by molar-refractivity contribution is 0.0997. The molecule has 0 atom stereocenters. The zero-order chi connectivity index (χ0) is 18.7. The number of hydrogen-bond donors (Lipinski definition) is 0. The van der Waals surface area contributed by atoms with Crippen molar-refractivity contribution in [2.75, 3.05) is 14.2 Å². The molecule has 1 amide bonds. The van der Waals surface area contributed by atoms with Crippen molar-refractivity contribution in [3.8, 4) is 11.5 Å². The summed E-state index contributed by atoms with van der Waals surface area (Å²) in [4.78, 5) is 17.8. The maximum Gasteiger partial charge on any atom is 0.279 e. The summed E-state index contributed by atoms with van der Waals surface area (Å²) in [5, 5.41) is 0. The Balaban J connectivity index is 2.09. The average Bonchev–Trinajstić information content (AvgIpc) is 2.97. The van der Waals surface area contributed by atoms with Crippen molar-refractivity contribution in [1.29, 1.82) is 0 Å². The fraction of sp³-hybridized carbons (Fsp3) is 0.263. The van der Waals surface area contributed by atoms with Crippen LogP contribution in [0.1, 0.15) is 23.7 Å². The van der Waals surface area contributed by atoms with Crippen molar-refractivity contribution in [1.82, 2.24) is 4.57 Å². The number of carbonyl (C=O) groups excluding carboxylic acids is 1. The van der Waals surface area contributed by atoms with Gasteiger partial charge in [-0.05, 0) is 42.8 Å². The number of halogens is 1. The molecule has 0 spiro atoms. The van der Waals surface area contributed by atoms with Crippen LogP contribution in [0.25, 0.3) is 10.2 Å². The van der Waals surface area contributed by atoms with Gasteiger partial charge in [0.1, 0.15) is 0 Å². The van der Waals surface area contributed by atoms with Crippen LogP contribution in [0.15, 0.2) is 45.9 Å². The van der Waals surface area contributed by atoms with Gasteiger partial charge in [-0.25, -0.2) is 0 Å². The number of carbonyl (C=O) groups is 1. The van der Waals surface area contributed by atoms with Gasteiger partial charge in [0.25, 0.3) is 5.91 Å². The lowest BCUT2D eigenvalue weighted by Gasteiger charge is -2.07. The fourth-order valence-electron chi connectivity index (χ4n) is 2.69. The minimum Gasteiger partial charge on any atom is -0.493 e. The Kier molecular flexibility index (Phi) is 5.78. The molecule has 136 valence electrons. The summed E-state index contributed by atoms with van der Waals surface area (Å²) in [6, 6.07) is 11.2. The smallest absolute Gasteiger partial charge is 0.279 e. The summed E-state index contributed by atoms with van der Waals surface area (Å²) < 4.78 is 14.7. The van der Waals surface area contributed by atoms with Crippen LogP contribution in [-0.2, 0) is 6.54 Å². The van der Waals surface area contributed by atoms with Crippen LogP contribution < -0.4 is 14.3 Å². The van der Waals surface area contributed by atoms with Gasteiger partial charge in [-0.15, -0.1) is 0 Å². The van der Waals surface area contributed by atoms with E-state index < -0.39 is 0 Å². The lowest BCUT2D eigenvalue weighted by atomic mass is 10.2. The molecule has 3 aromatic rings. The van der Waals surface area contributed by atoms with E-state index >= 15 is 0 Å². The number of nitrogens with zero attached hydrogens (tertiary/aromatic N) is 2. The van der Waals surface area contributed by atoms with Gasteiger partial charge in [-0.1, -0.05) is 34.2 Å². The van der Waals surface area contributed by atoms with E-state index in [0.29, 0.717) is 21.9 Å². The van der Waals surface area contributed by atoms with Gasteiger partial charge in [0, 0.05) is 16.6 Å². The molecule has 0 N–H and O–H groups in total. The van der Waals surface area contributed by atoms with E-state index in [0.717, 1.165) is 27.7 Å². The molecule has 2 aromatic carbocycles. The second kappa shape index (κ2) is 8.05. The predicted octanol–water partition coefficient (Wildman–Crippen LogP) is 4.63. The van der Waals surface area contributed by atoms with Gasteiger partial charge in [0.05, 0.1) is 24.4 Å². The molecule has 1 heterocycles. The van der Waals surface area contributed by atoms with Crippen LogP contribution in [0.3, 0.4) is 0 Å². The molecule has 0 saturated carbocycles. The van der Waals surface area contributed by atoms with Gasteiger partial charge in [0.15, 0.2) is 16.3 Å². The lowest BCUT2D eigenvalue weighted by Crippen LogP contribution is -2.16. The molecule has 0 radical (unpaired) electrons. The van der Waals surface area contributed by atoms with E-state index in [2.05, 4.69) is 32.4 Å². The summed E-state index contributed by atoms with van der Waals surface area (Å²) in [7, 11) is 3.11. The van der Waals surface area contributed by atoms with Crippen LogP contribution in [0.2, 0.25) is 0 Å². The SMILES string of the molecule is CCCn1c(=NC(=O)c2ccc(OC)c(OC)c2)sc2cc(Br)ccc21. The van der Waals surface area contributed by atoms with Gasteiger partial charge in [-0.3, -0.25) is 4.79 Å². The van der Waals surface area contributed by atoms with E-state index in [1.807, 2.05) is 18.2 Å². The second-order valence-corrected chi connectivity index (χ2v) is 7.56. The monoisotopic (exact) mass is 434 g/mol. The van der Waals surface area contributed by atoms with Crippen molar-refractivity contribution in [2.45, 2.75) is 19.9 Å². The Morgan fingerprint density at radius 3 is 2.62 bits per heavy atom. The van der Waals surface area contributed by atoms with Gasteiger partial charge >= 0.3 is 0 Å². The molecule has 0 unspecified atom stereocenters. The van der Waals surface area contributed by atoms with Crippen molar-refractivity contribution >= 4 is 43.4 Å². The third-order valence-electron chi connectivity index (χ3n) is 3.92. The Labute approximate surface area is 164 Å². The average molecular weight is 435 g/mol. The highest BCUT2D eigenvalue weighted by molar-refractivity contribution is 9.10. The third-order valence-corrected chi connectivity index (χ3v) is 5.45. The minimum absolute atomic E-state index is 0.304. The van der Waals surface area contributed by atoms with Crippen molar-refractivity contribution in [3.05, 3.63) is 51.2 Å². The van der Waals surface area contributed by atoms with Crippen LogP contribution in [0, 0.1) is 0 Å². The fourth-order valence-corrected chi connectivity index (χ4v) is 4.30. The quantitative estimate of drug-likeness (QED) is 0.587. The van der Waals surface area contributed by atoms with Crippen LogP contribution in [0.5, 0.6) is 11.5 Å². The molecule has 0 aliphatic rings. The summed E-state index contributed by atoms with van der Waals surface area (Å²) in [5.41, 5.74) is 1.54. The standard InChI is InChI=1S/C19H19BrN2O3S/c1-4-9-22-14-7-6-13(20)11-17(14)26-19(22)21-18(23)12-5-8-15(24-2)16(10-12)25-3/h5-8,10-11H,4,9H2,1-3H3. The maximum atomic E-state index is 12.7. The Bertz CT molecular complexity index is 1020. The first kappa shape index (κ1) is 18.7. The number of benzene rings is 2. The first-order valence-corrected chi connectivity index (χ1v) is 9.78. The van der Waals surface area contributed by atoms with Gasteiger partial charge < -0.3 is 14.0 Å². The molecule has 26 heavy (non-hydrogen) atoms. The van der Waals surface area contributed by atoms with Crippen LogP contribution >= 0.6 is 27.3 Å². The molecule has 0 bridgehead atoms. The minimum atomic E-state index is -0.304. The summed E-state index contributed by atoms with van der Waals surface area (Å²) in [6.07, 6.45) is 0.958. The van der Waals surface area contributed by atoms with Gasteiger partial charge in [0.2, 0.25) is 0 Å². The highest BCUT2D eigenvalue weighted by Gasteiger charge is 2.12. The maximum absolute atomic E-state index is 12.7. The Morgan fingerprint density at radius 2 is 1.92 bits per heavy atom. The summed E-state index contributed by atoms with van der Waals surface area (Å²) in [6.45, 7) is 2.91. The molecule has 0 saturated heterocycles. The van der Waals surface area contributed by atoms with Crippen LogP contribution in [-0.4, -0.2) is 24.7 Å². The summed E-state index contributed by atoms with van der Waals surface area (Å²) >= 11 is 5.00. The van der Waals surface area contributed by atoms with Crippen LogP contribution in [0.4, 0.5) is 0 Å². The second-order valence-electron chi connectivity index (χ2n) is 5.64. The Morgan fingerprint density at radius 1 is 1.15 bits per heavy atom. The number of amides is 1. The number of ether oxygens (including phenoxy) is 2. The first-order chi connectivity index (χ1) is 12.6. The molecule has 3 rings (SSSR count). The summed E-state index contributed by atoms with van der Waals surface area (Å²) in [5.74, 6) is 0.786. The third kappa shape index (κ3) is 3.68. The van der Waals surface area contributed by atoms with Gasteiger partial charge in [-0.2, -0.15) is 4.99 Å². The Hall–Kier alpha value is -2.12. The molecule has 0 aliphatic heterocycles. The highest BCUT2D eigenvalue weighted by Crippen LogP contribution is 2.28. The highest BCUT2D eigenvalue weighted by atomic mass is 79.9. The van der Waals surface area contributed by atoms with E-state index in [1.165, 1.54) is 11.3 Å². The topological polar surface area (TPSA) is 52.8 Å². The largest absolute Gasteiger partial charge is 0.493 e. The van der Waals surface area contributed by atoms with E-state index in [1.54, 1.807) is 32.4 Å². The first-order valence-electron chi connectivity index (χ1n) is 8.17. The zero-order valence-corrected chi connectivity index (χ0v) is 17.2. The molecular formula is C19H19BrN2O3S. The number of aryl methyl sites for hydroxylation is 1. The van der Waals surface area contributed by atoms with Crippen molar-refractivity contribution in [3.63, 3.8) is 0 Å². The predicted molar refractivity (Wildman–Crippen MR) is 107 cm³/mol. The van der Waals surface area contributed by atoms with E-state index in [9.17, 15) is 4.79 Å². The molecule has 1 aromatic heterocycles. The number of aromatic nitrogens is 1. The van der Waals surface area contributed by atoms with E-state index in [4.69, 9.17) is 9.47 Å². The molecule has 0 fully saturated rings. The van der Waals surface area contributed by atoms with Crippen molar-refractivity contribution < 1.29 is 14.3 Å². The van der Waals surface area contributed by atoms with Crippen molar-refractivity contribution in [2.24, 2.45) is 4.99 Å².